The highest BCUT2D eigenvalue weighted by molar-refractivity contribution is 5.82. The maximum atomic E-state index is 6.21. The summed E-state index contributed by atoms with van der Waals surface area (Å²) in [6, 6.07) is 12.9. The first kappa shape index (κ1) is 25.2. The molecule has 4 aromatic rings. The van der Waals surface area contributed by atoms with Gasteiger partial charge in [0.05, 0.1) is 24.1 Å². The molecular formula is C30H38N6O. The number of H-pyrrole nitrogens is 1. The fourth-order valence-corrected chi connectivity index (χ4v) is 5.23. The van der Waals surface area contributed by atoms with E-state index in [4.69, 9.17) is 14.7 Å². The van der Waals surface area contributed by atoms with Crippen LogP contribution in [-0.4, -0.2) is 51.1 Å². The first-order valence-electron chi connectivity index (χ1n) is 13.5. The average Bonchev–Trinajstić information content (AvgIpc) is 3.14. The lowest BCUT2D eigenvalue weighted by Crippen LogP contribution is -2.29. The Morgan fingerprint density at radius 3 is 2.54 bits per heavy atom. The van der Waals surface area contributed by atoms with Gasteiger partial charge in [0.25, 0.3) is 0 Å². The van der Waals surface area contributed by atoms with E-state index in [0.29, 0.717) is 6.61 Å². The van der Waals surface area contributed by atoms with Crippen LogP contribution >= 0.6 is 0 Å². The minimum absolute atomic E-state index is 0.630. The molecule has 7 heteroatoms. The Labute approximate surface area is 219 Å². The summed E-state index contributed by atoms with van der Waals surface area (Å²) >= 11 is 0. The van der Waals surface area contributed by atoms with Crippen LogP contribution in [0.5, 0.6) is 5.75 Å². The Morgan fingerprint density at radius 2 is 1.76 bits per heavy atom. The number of fused-ring (bicyclic) bond motifs is 2. The maximum Gasteiger partial charge on any atom is 0.144 e. The van der Waals surface area contributed by atoms with Crippen molar-refractivity contribution in [2.45, 2.75) is 60.5 Å². The largest absolute Gasteiger partial charge is 0.491 e. The number of ether oxygens (including phenoxy) is 1. The number of benzene rings is 2. The Hall–Kier alpha value is -3.45. The van der Waals surface area contributed by atoms with E-state index in [-0.39, 0.29) is 0 Å². The van der Waals surface area contributed by atoms with Crippen LogP contribution in [0.1, 0.15) is 55.7 Å². The standard InChI is InChI=1S/C30H38N6O/c1-6-9-25-20(4)31-29(19-35(7-2)8-3)34-30(25)36-14-15-37-28-13-11-22(16-24(28)18-36)23-10-12-26-27(17-23)33-21(5)32-26/h10-13,16-17H,6-9,14-15,18-19H2,1-5H3,(H,32,33). The maximum absolute atomic E-state index is 6.21. The lowest BCUT2D eigenvalue weighted by atomic mass is 10.0. The predicted octanol–water partition coefficient (Wildman–Crippen LogP) is 5.83. The van der Waals surface area contributed by atoms with Crippen LogP contribution in [-0.2, 0) is 19.5 Å². The third-order valence-electron chi connectivity index (χ3n) is 7.27. The van der Waals surface area contributed by atoms with Gasteiger partial charge in [-0.25, -0.2) is 15.0 Å². The van der Waals surface area contributed by atoms with Crippen molar-refractivity contribution in [3.63, 3.8) is 0 Å². The molecule has 0 spiro atoms. The smallest absolute Gasteiger partial charge is 0.144 e. The van der Waals surface area contributed by atoms with Crippen LogP contribution in [0.25, 0.3) is 22.2 Å². The molecule has 0 radical (unpaired) electrons. The second kappa shape index (κ2) is 10.9. The number of rotatable bonds is 8. The lowest BCUT2D eigenvalue weighted by Gasteiger charge is -2.26. The number of aryl methyl sites for hydroxylation is 2. The lowest BCUT2D eigenvalue weighted by molar-refractivity contribution is 0.288. The molecule has 0 atom stereocenters. The quantitative estimate of drug-likeness (QED) is 0.330. The van der Waals surface area contributed by atoms with Crippen molar-refractivity contribution in [1.82, 2.24) is 24.8 Å². The molecule has 5 rings (SSSR count). The van der Waals surface area contributed by atoms with Crippen molar-refractivity contribution in [3.05, 3.63) is 64.9 Å². The van der Waals surface area contributed by atoms with Gasteiger partial charge in [0.15, 0.2) is 0 Å². The fourth-order valence-electron chi connectivity index (χ4n) is 5.23. The van der Waals surface area contributed by atoms with Crippen molar-refractivity contribution >= 4 is 16.9 Å². The van der Waals surface area contributed by atoms with Gasteiger partial charge in [-0.2, -0.15) is 0 Å². The summed E-state index contributed by atoms with van der Waals surface area (Å²) in [4.78, 5) is 22.7. The number of nitrogens with zero attached hydrogens (tertiary/aromatic N) is 5. The zero-order chi connectivity index (χ0) is 25.9. The van der Waals surface area contributed by atoms with Gasteiger partial charge in [-0.1, -0.05) is 39.3 Å². The number of aromatic amines is 1. The molecule has 0 aliphatic carbocycles. The molecule has 2 aromatic carbocycles. The molecule has 37 heavy (non-hydrogen) atoms. The molecule has 194 valence electrons. The van der Waals surface area contributed by atoms with E-state index in [1.807, 2.05) is 6.92 Å². The third kappa shape index (κ3) is 5.32. The number of aromatic nitrogens is 4. The summed E-state index contributed by atoms with van der Waals surface area (Å²) in [5.74, 6) is 3.85. The van der Waals surface area contributed by atoms with E-state index in [1.165, 1.54) is 16.7 Å². The molecule has 0 fully saturated rings. The second-order valence-electron chi connectivity index (χ2n) is 9.89. The first-order valence-corrected chi connectivity index (χ1v) is 13.5. The molecule has 0 amide bonds. The summed E-state index contributed by atoms with van der Waals surface area (Å²) < 4.78 is 6.21. The SMILES string of the molecule is CCCc1c(C)nc(CN(CC)CC)nc1N1CCOc2ccc(-c3ccc4[nH]c(C)nc4c3)cc2C1. The molecule has 1 aliphatic rings. The average molecular weight is 499 g/mol. The van der Waals surface area contributed by atoms with E-state index in [0.717, 1.165) is 91.1 Å². The minimum atomic E-state index is 0.630. The van der Waals surface area contributed by atoms with Crippen LogP contribution in [0, 0.1) is 13.8 Å². The Bertz CT molecular complexity index is 1390. The number of anilines is 1. The van der Waals surface area contributed by atoms with Gasteiger partial charge >= 0.3 is 0 Å². The molecule has 0 saturated heterocycles. The number of imidazole rings is 1. The zero-order valence-corrected chi connectivity index (χ0v) is 22.8. The van der Waals surface area contributed by atoms with Gasteiger partial charge in [0.2, 0.25) is 0 Å². The summed E-state index contributed by atoms with van der Waals surface area (Å²) in [6.07, 6.45) is 2.03. The topological polar surface area (TPSA) is 70.2 Å². The summed E-state index contributed by atoms with van der Waals surface area (Å²) in [5.41, 5.74) is 7.90. The summed E-state index contributed by atoms with van der Waals surface area (Å²) in [7, 11) is 0. The van der Waals surface area contributed by atoms with Crippen LogP contribution in [0.3, 0.4) is 0 Å². The van der Waals surface area contributed by atoms with E-state index in [2.05, 4.69) is 83.9 Å². The van der Waals surface area contributed by atoms with Crippen LogP contribution in [0.15, 0.2) is 36.4 Å². The highest BCUT2D eigenvalue weighted by Crippen LogP contribution is 2.33. The first-order chi connectivity index (χ1) is 18.0. The Morgan fingerprint density at radius 1 is 0.973 bits per heavy atom. The van der Waals surface area contributed by atoms with Gasteiger partial charge in [-0.3, -0.25) is 4.90 Å². The predicted molar refractivity (Wildman–Crippen MR) is 150 cm³/mol. The zero-order valence-electron chi connectivity index (χ0n) is 22.8. The molecule has 1 N–H and O–H groups in total. The molecule has 7 nitrogen and oxygen atoms in total. The van der Waals surface area contributed by atoms with Gasteiger partial charge in [-0.15, -0.1) is 0 Å². The number of nitrogens with one attached hydrogen (secondary N) is 1. The van der Waals surface area contributed by atoms with Crippen LogP contribution in [0.2, 0.25) is 0 Å². The van der Waals surface area contributed by atoms with E-state index in [1.54, 1.807) is 0 Å². The Kier molecular flexibility index (Phi) is 7.42. The summed E-state index contributed by atoms with van der Waals surface area (Å²) in [6.45, 7) is 15.6. The molecular weight excluding hydrogens is 460 g/mol. The normalized spacial score (nSPS) is 13.6. The Balaban J connectivity index is 1.50. The van der Waals surface area contributed by atoms with Crippen molar-refractivity contribution in [2.75, 3.05) is 31.1 Å². The van der Waals surface area contributed by atoms with Crippen LogP contribution in [0.4, 0.5) is 5.82 Å². The van der Waals surface area contributed by atoms with Gasteiger partial charge in [-0.05, 0) is 68.8 Å². The van der Waals surface area contributed by atoms with Crippen molar-refractivity contribution in [1.29, 1.82) is 0 Å². The van der Waals surface area contributed by atoms with E-state index >= 15 is 0 Å². The van der Waals surface area contributed by atoms with Crippen molar-refractivity contribution in [3.8, 4) is 16.9 Å². The minimum Gasteiger partial charge on any atom is -0.491 e. The van der Waals surface area contributed by atoms with Gasteiger partial charge in [0.1, 0.15) is 29.8 Å². The van der Waals surface area contributed by atoms with E-state index in [9.17, 15) is 0 Å². The molecule has 0 saturated carbocycles. The third-order valence-corrected chi connectivity index (χ3v) is 7.27. The monoisotopic (exact) mass is 498 g/mol. The molecule has 0 bridgehead atoms. The number of hydrogen-bond donors (Lipinski definition) is 1. The van der Waals surface area contributed by atoms with Gasteiger partial charge < -0.3 is 14.6 Å². The molecule has 0 unspecified atom stereocenters. The van der Waals surface area contributed by atoms with Gasteiger partial charge in [0, 0.05) is 23.4 Å². The van der Waals surface area contributed by atoms with Crippen molar-refractivity contribution < 1.29 is 4.74 Å². The van der Waals surface area contributed by atoms with Crippen LogP contribution < -0.4 is 9.64 Å². The van der Waals surface area contributed by atoms with E-state index < -0.39 is 0 Å². The summed E-state index contributed by atoms with van der Waals surface area (Å²) in [5, 5.41) is 0. The number of hydrogen-bond acceptors (Lipinski definition) is 6. The molecule has 2 aromatic heterocycles. The highest BCUT2D eigenvalue weighted by Gasteiger charge is 2.22. The fraction of sp³-hybridized carbons (Fsp3) is 0.433. The highest BCUT2D eigenvalue weighted by atomic mass is 16.5. The molecule has 1 aliphatic heterocycles. The molecule has 3 heterocycles. The van der Waals surface area contributed by atoms with Crippen molar-refractivity contribution in [2.24, 2.45) is 0 Å². The second-order valence-corrected chi connectivity index (χ2v) is 9.89.